The van der Waals surface area contributed by atoms with Crippen molar-refractivity contribution in [2.45, 2.75) is 98.6 Å². The third kappa shape index (κ3) is 5.36. The highest BCUT2D eigenvalue weighted by atomic mass is 16.6. The molecule has 2 aliphatic carbocycles. The maximum atomic E-state index is 12.6. The van der Waals surface area contributed by atoms with E-state index in [0.29, 0.717) is 24.8 Å². The first-order valence-corrected chi connectivity index (χ1v) is 12.2. The number of ether oxygens (including phenoxy) is 4. The highest BCUT2D eigenvalue weighted by Crippen LogP contribution is 2.52. The third-order valence-corrected chi connectivity index (χ3v) is 7.52. The van der Waals surface area contributed by atoms with Crippen LogP contribution in [0.25, 0.3) is 0 Å². The summed E-state index contributed by atoms with van der Waals surface area (Å²) >= 11 is 0. The van der Waals surface area contributed by atoms with E-state index in [2.05, 4.69) is 0 Å². The molecule has 0 saturated carbocycles. The van der Waals surface area contributed by atoms with Crippen molar-refractivity contribution in [1.82, 2.24) is 0 Å². The molecule has 0 bridgehead atoms. The van der Waals surface area contributed by atoms with Crippen molar-refractivity contribution < 1.29 is 38.1 Å². The molecule has 1 heterocycles. The predicted molar refractivity (Wildman–Crippen MR) is 127 cm³/mol. The van der Waals surface area contributed by atoms with E-state index in [1.807, 2.05) is 26.8 Å². The smallest absolute Gasteiger partial charge is 0.334 e. The molecule has 0 radical (unpaired) electrons. The van der Waals surface area contributed by atoms with E-state index in [4.69, 9.17) is 18.9 Å². The van der Waals surface area contributed by atoms with Gasteiger partial charge in [0.15, 0.2) is 12.2 Å². The first kappa shape index (κ1) is 26.7. The molecule has 6 atom stereocenters. The van der Waals surface area contributed by atoms with Crippen LogP contribution in [0.2, 0.25) is 0 Å². The Balaban J connectivity index is 2.24. The standard InChI is InChI=1S/C27H36O8/c1-8-24(30)35-23-10-9-14(2)11-21-19(16(4)26(31)34-21)13-20-15(3)12-22(32-17(5)28)25(27(20,23)7)33-18(6)29/h11-12,20-23,25H,8-10,13H2,1-7H3/b14-11-/t20-,21-,22-,23+,25-,27-/m0/s1. The Morgan fingerprint density at radius 1 is 1.06 bits per heavy atom. The fourth-order valence-electron chi connectivity index (χ4n) is 5.64. The van der Waals surface area contributed by atoms with E-state index in [9.17, 15) is 19.2 Å². The number of allylic oxidation sites excluding steroid dienone is 2. The van der Waals surface area contributed by atoms with E-state index in [1.54, 1.807) is 19.9 Å². The van der Waals surface area contributed by atoms with Gasteiger partial charge in [0.2, 0.25) is 0 Å². The molecule has 8 nitrogen and oxygen atoms in total. The van der Waals surface area contributed by atoms with Crippen LogP contribution in [0.4, 0.5) is 0 Å². The molecule has 0 aromatic heterocycles. The lowest BCUT2D eigenvalue weighted by atomic mass is 9.58. The molecular weight excluding hydrogens is 452 g/mol. The third-order valence-electron chi connectivity index (χ3n) is 7.52. The van der Waals surface area contributed by atoms with Crippen LogP contribution in [-0.4, -0.2) is 48.3 Å². The summed E-state index contributed by atoms with van der Waals surface area (Å²) in [6, 6.07) is 0. The van der Waals surface area contributed by atoms with Gasteiger partial charge in [0.25, 0.3) is 0 Å². The summed E-state index contributed by atoms with van der Waals surface area (Å²) in [5, 5.41) is 0. The molecule has 0 unspecified atom stereocenters. The van der Waals surface area contributed by atoms with Crippen molar-refractivity contribution in [1.29, 1.82) is 0 Å². The molecule has 0 aromatic rings. The molecule has 0 N–H and O–H groups in total. The molecule has 0 spiro atoms. The SMILES string of the molecule is CCC(=O)O[C@@H]1CC/C(C)=C\[C@@H]2OC(=O)C(C)=C2C[C@H]2C(C)=C[C@H](OC(C)=O)[C@H](OC(C)=O)[C@]12C. The minimum absolute atomic E-state index is 0.196. The molecule has 192 valence electrons. The molecule has 8 heteroatoms. The van der Waals surface area contributed by atoms with Gasteiger partial charge in [-0.05, 0) is 63.7 Å². The number of carbonyl (C=O) groups is 4. The van der Waals surface area contributed by atoms with Crippen LogP contribution in [0.1, 0.15) is 74.1 Å². The molecule has 3 aliphatic rings. The average molecular weight is 489 g/mol. The number of carbonyl (C=O) groups excluding carboxylic acids is 4. The van der Waals surface area contributed by atoms with Gasteiger partial charge in [0, 0.05) is 25.8 Å². The monoisotopic (exact) mass is 488 g/mol. The van der Waals surface area contributed by atoms with Crippen LogP contribution in [0, 0.1) is 11.3 Å². The fraction of sp³-hybridized carbons (Fsp3) is 0.630. The van der Waals surface area contributed by atoms with Crippen molar-refractivity contribution in [2.24, 2.45) is 11.3 Å². The Labute approximate surface area is 206 Å². The van der Waals surface area contributed by atoms with Gasteiger partial charge in [-0.25, -0.2) is 4.79 Å². The van der Waals surface area contributed by atoms with Crippen LogP contribution in [0.3, 0.4) is 0 Å². The van der Waals surface area contributed by atoms with Crippen molar-refractivity contribution in [3.05, 3.63) is 34.4 Å². The highest BCUT2D eigenvalue weighted by Gasteiger charge is 2.57. The van der Waals surface area contributed by atoms with E-state index in [-0.39, 0.29) is 24.3 Å². The predicted octanol–water partition coefficient (Wildman–Crippen LogP) is 4.13. The summed E-state index contributed by atoms with van der Waals surface area (Å²) < 4.78 is 23.1. The Kier molecular flexibility index (Phi) is 7.92. The first-order chi connectivity index (χ1) is 16.4. The second kappa shape index (κ2) is 10.4. The zero-order valence-electron chi connectivity index (χ0n) is 21.6. The Hall–Kier alpha value is -2.90. The summed E-state index contributed by atoms with van der Waals surface area (Å²) in [5.74, 6) is -2.02. The van der Waals surface area contributed by atoms with Crippen molar-refractivity contribution >= 4 is 23.9 Å². The van der Waals surface area contributed by atoms with Crippen LogP contribution in [0.5, 0.6) is 0 Å². The number of hydrogen-bond donors (Lipinski definition) is 0. The summed E-state index contributed by atoms with van der Waals surface area (Å²) in [6.45, 7) is 11.9. The van der Waals surface area contributed by atoms with Gasteiger partial charge < -0.3 is 18.9 Å². The molecule has 0 fully saturated rings. The summed E-state index contributed by atoms with van der Waals surface area (Å²) in [4.78, 5) is 49.3. The van der Waals surface area contributed by atoms with Gasteiger partial charge in [-0.1, -0.05) is 25.0 Å². The molecule has 35 heavy (non-hydrogen) atoms. The maximum Gasteiger partial charge on any atom is 0.334 e. The quantitative estimate of drug-likeness (QED) is 0.331. The van der Waals surface area contributed by atoms with Crippen LogP contribution in [-0.2, 0) is 38.1 Å². The summed E-state index contributed by atoms with van der Waals surface area (Å²) in [6.07, 6.45) is 2.61. The topological polar surface area (TPSA) is 105 Å². The highest BCUT2D eigenvalue weighted by molar-refractivity contribution is 5.92. The summed E-state index contributed by atoms with van der Waals surface area (Å²) in [5.41, 5.74) is 2.37. The van der Waals surface area contributed by atoms with Gasteiger partial charge in [-0.15, -0.1) is 0 Å². The van der Waals surface area contributed by atoms with E-state index < -0.39 is 41.8 Å². The molecule has 3 rings (SSSR count). The minimum Gasteiger partial charge on any atom is -0.462 e. The molecule has 0 saturated heterocycles. The van der Waals surface area contributed by atoms with Crippen molar-refractivity contribution in [3.63, 3.8) is 0 Å². The lowest BCUT2D eigenvalue weighted by molar-refractivity contribution is -0.198. The first-order valence-electron chi connectivity index (χ1n) is 12.2. The fourth-order valence-corrected chi connectivity index (χ4v) is 5.64. The Bertz CT molecular complexity index is 1000. The van der Waals surface area contributed by atoms with Gasteiger partial charge >= 0.3 is 23.9 Å². The number of fused-ring (bicyclic) bond motifs is 2. The van der Waals surface area contributed by atoms with Crippen molar-refractivity contribution in [2.75, 3.05) is 0 Å². The van der Waals surface area contributed by atoms with Gasteiger partial charge in [-0.3, -0.25) is 14.4 Å². The van der Waals surface area contributed by atoms with E-state index >= 15 is 0 Å². The molecule has 0 aromatic carbocycles. The van der Waals surface area contributed by atoms with Crippen LogP contribution in [0.15, 0.2) is 34.4 Å². The van der Waals surface area contributed by atoms with Gasteiger partial charge in [0.1, 0.15) is 12.2 Å². The zero-order valence-corrected chi connectivity index (χ0v) is 21.6. The van der Waals surface area contributed by atoms with Gasteiger partial charge in [-0.2, -0.15) is 0 Å². The van der Waals surface area contributed by atoms with Crippen LogP contribution >= 0.6 is 0 Å². The maximum absolute atomic E-state index is 12.6. The zero-order chi connectivity index (χ0) is 26.1. The Morgan fingerprint density at radius 2 is 1.71 bits per heavy atom. The molecule has 0 amide bonds. The molecular formula is C27H36O8. The Morgan fingerprint density at radius 3 is 2.31 bits per heavy atom. The largest absolute Gasteiger partial charge is 0.462 e. The second-order valence-electron chi connectivity index (χ2n) is 10.00. The van der Waals surface area contributed by atoms with E-state index in [0.717, 1.165) is 16.7 Å². The lowest BCUT2D eigenvalue weighted by Gasteiger charge is -2.52. The van der Waals surface area contributed by atoms with Crippen molar-refractivity contribution in [3.8, 4) is 0 Å². The lowest BCUT2D eigenvalue weighted by Crippen LogP contribution is -2.59. The number of rotatable bonds is 4. The molecule has 1 aliphatic heterocycles. The minimum atomic E-state index is -0.948. The number of esters is 4. The van der Waals surface area contributed by atoms with E-state index in [1.165, 1.54) is 13.8 Å². The van der Waals surface area contributed by atoms with Crippen LogP contribution < -0.4 is 0 Å². The normalized spacial score (nSPS) is 34.4. The summed E-state index contributed by atoms with van der Waals surface area (Å²) in [7, 11) is 0. The number of hydrogen-bond acceptors (Lipinski definition) is 8. The second-order valence-corrected chi connectivity index (χ2v) is 10.00. The average Bonchev–Trinajstić information content (AvgIpc) is 3.02. The van der Waals surface area contributed by atoms with Gasteiger partial charge in [0.05, 0.1) is 5.41 Å².